The van der Waals surface area contributed by atoms with Gasteiger partial charge in [0.05, 0.1) is 16.8 Å². The van der Waals surface area contributed by atoms with Gasteiger partial charge >= 0.3 is 0 Å². The Hall–Kier alpha value is -3.22. The van der Waals surface area contributed by atoms with Crippen LogP contribution in [0.25, 0.3) is 0 Å². The van der Waals surface area contributed by atoms with Crippen molar-refractivity contribution in [2.45, 2.75) is 4.90 Å². The topological polar surface area (TPSA) is 138 Å². The molecule has 0 atom stereocenters. The summed E-state index contributed by atoms with van der Waals surface area (Å²) in [5.74, 6) is -0.690. The Morgan fingerprint density at radius 3 is 2.12 bits per heavy atom. The van der Waals surface area contributed by atoms with Crippen LogP contribution >= 0.6 is 11.6 Å². The van der Waals surface area contributed by atoms with Crippen molar-refractivity contribution in [1.82, 2.24) is 9.97 Å². The molecular formula is C19H18ClN5O5S2. The number of rotatable bonds is 8. The monoisotopic (exact) mass is 495 g/mol. The van der Waals surface area contributed by atoms with E-state index in [1.165, 1.54) is 60.9 Å². The first-order valence-electron chi connectivity index (χ1n) is 8.98. The molecule has 2 aromatic carbocycles. The van der Waals surface area contributed by atoms with Crippen molar-refractivity contribution in [2.75, 3.05) is 27.1 Å². The number of aromatic nitrogens is 2. The number of hydrogen-bond acceptors (Lipinski definition) is 7. The minimum Gasteiger partial charge on any atom is -0.325 e. The molecule has 168 valence electrons. The van der Waals surface area contributed by atoms with E-state index < -0.39 is 32.5 Å². The molecule has 0 saturated carbocycles. The first kappa shape index (κ1) is 23.4. The molecule has 3 aromatic rings. The lowest BCUT2D eigenvalue weighted by Gasteiger charge is -2.22. The Morgan fingerprint density at radius 1 is 0.969 bits per heavy atom. The summed E-state index contributed by atoms with van der Waals surface area (Å²) in [5, 5.41) is 2.97. The maximum absolute atomic E-state index is 12.4. The summed E-state index contributed by atoms with van der Waals surface area (Å²) in [7, 11) is -7.67. The van der Waals surface area contributed by atoms with Crippen LogP contribution in [-0.4, -0.2) is 45.5 Å². The summed E-state index contributed by atoms with van der Waals surface area (Å²) in [6, 6.07) is 12.9. The Bertz CT molecular complexity index is 1300. The van der Waals surface area contributed by atoms with Gasteiger partial charge in [0.1, 0.15) is 6.54 Å². The molecule has 0 aliphatic heterocycles. The zero-order valence-electron chi connectivity index (χ0n) is 16.6. The van der Waals surface area contributed by atoms with Crippen LogP contribution in [0.1, 0.15) is 0 Å². The number of nitrogens with one attached hydrogen (secondary N) is 2. The fraction of sp³-hybridized carbons (Fsp3) is 0.105. The molecule has 0 aliphatic rings. The van der Waals surface area contributed by atoms with Crippen molar-refractivity contribution >= 4 is 54.9 Å². The van der Waals surface area contributed by atoms with E-state index in [1.54, 1.807) is 6.07 Å². The van der Waals surface area contributed by atoms with Crippen LogP contribution in [0.15, 0.2) is 71.9 Å². The van der Waals surface area contributed by atoms with Gasteiger partial charge in [-0.3, -0.25) is 9.10 Å². The second kappa shape index (κ2) is 9.51. The number of carbonyl (C=O) groups is 1. The highest BCUT2D eigenvalue weighted by Gasteiger charge is 2.21. The van der Waals surface area contributed by atoms with Gasteiger partial charge in [0.25, 0.3) is 10.0 Å². The Kier molecular flexibility index (Phi) is 6.96. The van der Waals surface area contributed by atoms with Gasteiger partial charge in [0.15, 0.2) is 0 Å². The molecule has 13 heteroatoms. The number of benzene rings is 2. The van der Waals surface area contributed by atoms with E-state index in [0.29, 0.717) is 5.02 Å². The predicted molar refractivity (Wildman–Crippen MR) is 122 cm³/mol. The maximum atomic E-state index is 12.4. The van der Waals surface area contributed by atoms with Crippen molar-refractivity contribution in [3.8, 4) is 0 Å². The summed E-state index contributed by atoms with van der Waals surface area (Å²) in [4.78, 5) is 20.0. The molecule has 1 aromatic heterocycles. The van der Waals surface area contributed by atoms with Crippen LogP contribution in [0, 0.1) is 0 Å². The summed E-state index contributed by atoms with van der Waals surface area (Å²) < 4.78 is 52.3. The quantitative estimate of drug-likeness (QED) is 0.489. The van der Waals surface area contributed by atoms with Gasteiger partial charge < -0.3 is 5.32 Å². The van der Waals surface area contributed by atoms with Crippen molar-refractivity contribution in [2.24, 2.45) is 0 Å². The van der Waals surface area contributed by atoms with Gasteiger partial charge in [-0.25, -0.2) is 31.5 Å². The van der Waals surface area contributed by atoms with E-state index in [9.17, 15) is 21.6 Å². The zero-order chi connectivity index (χ0) is 23.4. The molecule has 10 nitrogen and oxygen atoms in total. The number of halogens is 1. The first-order chi connectivity index (χ1) is 15.0. The second-order valence-electron chi connectivity index (χ2n) is 6.50. The lowest BCUT2D eigenvalue weighted by atomic mass is 10.3. The first-order valence-corrected chi connectivity index (χ1v) is 12.7. The minimum atomic E-state index is -3.92. The van der Waals surface area contributed by atoms with Gasteiger partial charge in [-0.05, 0) is 54.6 Å². The molecule has 0 aliphatic carbocycles. The Labute approximate surface area is 190 Å². The van der Waals surface area contributed by atoms with E-state index in [4.69, 9.17) is 11.6 Å². The normalized spacial score (nSPS) is 11.6. The molecular weight excluding hydrogens is 478 g/mol. The maximum Gasteiger partial charge on any atom is 0.264 e. The molecule has 0 unspecified atom stereocenters. The van der Waals surface area contributed by atoms with Crippen LogP contribution in [-0.2, 0) is 24.8 Å². The molecule has 0 radical (unpaired) electrons. The third-order valence-electron chi connectivity index (χ3n) is 4.04. The molecule has 0 spiro atoms. The largest absolute Gasteiger partial charge is 0.325 e. The molecule has 3 rings (SSSR count). The predicted octanol–water partition coefficient (Wildman–Crippen LogP) is 2.34. The fourth-order valence-corrected chi connectivity index (χ4v) is 4.53. The van der Waals surface area contributed by atoms with Gasteiger partial charge in [0, 0.05) is 23.1 Å². The highest BCUT2D eigenvalue weighted by molar-refractivity contribution is 7.92. The lowest BCUT2D eigenvalue weighted by molar-refractivity contribution is -0.114. The highest BCUT2D eigenvalue weighted by Crippen LogP contribution is 2.21. The van der Waals surface area contributed by atoms with Gasteiger partial charge in [-0.15, -0.1) is 0 Å². The molecule has 2 N–H and O–H groups in total. The average molecular weight is 496 g/mol. The number of carbonyl (C=O) groups excluding carboxylic acids is 1. The van der Waals surface area contributed by atoms with Crippen LogP contribution in [0.5, 0.6) is 0 Å². The van der Waals surface area contributed by atoms with Crippen LogP contribution in [0.4, 0.5) is 17.3 Å². The van der Waals surface area contributed by atoms with Gasteiger partial charge in [0.2, 0.25) is 21.9 Å². The summed E-state index contributed by atoms with van der Waals surface area (Å²) in [5.41, 5.74) is 0.567. The van der Waals surface area contributed by atoms with Crippen molar-refractivity contribution in [3.63, 3.8) is 0 Å². The summed E-state index contributed by atoms with van der Waals surface area (Å²) in [6.45, 7) is -0.479. The van der Waals surface area contributed by atoms with Gasteiger partial charge in [-0.1, -0.05) is 11.6 Å². The van der Waals surface area contributed by atoms with Crippen molar-refractivity contribution in [1.29, 1.82) is 0 Å². The highest BCUT2D eigenvalue weighted by atomic mass is 35.5. The Balaban J connectivity index is 1.70. The number of nitrogens with zero attached hydrogens (tertiary/aromatic N) is 3. The van der Waals surface area contributed by atoms with Crippen molar-refractivity contribution in [3.05, 3.63) is 72.0 Å². The average Bonchev–Trinajstić information content (AvgIpc) is 2.73. The molecule has 1 amide bonds. The van der Waals surface area contributed by atoms with E-state index in [-0.39, 0.29) is 22.2 Å². The van der Waals surface area contributed by atoms with E-state index in [1.807, 2.05) is 0 Å². The van der Waals surface area contributed by atoms with E-state index in [0.717, 1.165) is 10.6 Å². The van der Waals surface area contributed by atoms with E-state index in [2.05, 4.69) is 20.0 Å². The second-order valence-corrected chi connectivity index (χ2v) is 10.5. The standard InChI is InChI=1S/C19H18ClN5O5S2/c1-31(27,28)25(16-7-3-14(20)4-8-16)13-18(26)23-15-5-9-17(10-6-15)32(29,30)24-19-21-11-2-12-22-19/h2-12H,13H2,1H3,(H,23,26)(H,21,22,24). The minimum absolute atomic E-state index is 0.0677. The molecule has 0 saturated heterocycles. The lowest BCUT2D eigenvalue weighted by Crippen LogP contribution is -2.37. The van der Waals surface area contributed by atoms with E-state index >= 15 is 0 Å². The Morgan fingerprint density at radius 2 is 1.56 bits per heavy atom. The number of anilines is 3. The van der Waals surface area contributed by atoms with Crippen molar-refractivity contribution < 1.29 is 21.6 Å². The summed E-state index contributed by atoms with van der Waals surface area (Å²) >= 11 is 5.83. The molecule has 0 bridgehead atoms. The van der Waals surface area contributed by atoms with Crippen LogP contribution in [0.2, 0.25) is 5.02 Å². The molecule has 0 fully saturated rings. The third-order valence-corrected chi connectivity index (χ3v) is 6.78. The number of amides is 1. The molecule has 32 heavy (non-hydrogen) atoms. The number of hydrogen-bond donors (Lipinski definition) is 2. The molecule has 1 heterocycles. The summed E-state index contributed by atoms with van der Waals surface area (Å²) in [6.07, 6.45) is 3.78. The fourth-order valence-electron chi connectivity index (χ4n) is 2.59. The zero-order valence-corrected chi connectivity index (χ0v) is 19.0. The number of sulfonamides is 2. The smallest absolute Gasteiger partial charge is 0.264 e. The van der Waals surface area contributed by atoms with Gasteiger partial charge in [-0.2, -0.15) is 0 Å². The van der Waals surface area contributed by atoms with Crippen LogP contribution in [0.3, 0.4) is 0 Å². The third kappa shape index (κ3) is 6.15. The van der Waals surface area contributed by atoms with Crippen LogP contribution < -0.4 is 14.3 Å². The SMILES string of the molecule is CS(=O)(=O)N(CC(=O)Nc1ccc(S(=O)(=O)Nc2ncccn2)cc1)c1ccc(Cl)cc1.